The number of nitrogens with zero attached hydrogens (tertiary/aromatic N) is 3. The Morgan fingerprint density at radius 3 is 2.54 bits per heavy atom. The van der Waals surface area contributed by atoms with Crippen LogP contribution in [0.1, 0.15) is 11.3 Å². The van der Waals surface area contributed by atoms with Crippen LogP contribution in [0.3, 0.4) is 0 Å². The fourth-order valence-electron chi connectivity index (χ4n) is 2.80. The first-order valence-electron chi connectivity index (χ1n) is 8.45. The summed E-state index contributed by atoms with van der Waals surface area (Å²) in [5.41, 5.74) is 1.49. The lowest BCUT2D eigenvalue weighted by molar-refractivity contribution is -0.112. The van der Waals surface area contributed by atoms with Gasteiger partial charge in [0.25, 0.3) is 11.5 Å². The van der Waals surface area contributed by atoms with Crippen LogP contribution < -0.4 is 10.9 Å². The molecular formula is C21H17ClN4O2. The fourth-order valence-corrected chi connectivity index (χ4v) is 3.00. The lowest BCUT2D eigenvalue weighted by Gasteiger charge is -2.07. The summed E-state index contributed by atoms with van der Waals surface area (Å²) in [5, 5.41) is 12.5. The van der Waals surface area contributed by atoms with Gasteiger partial charge < -0.3 is 5.32 Å². The van der Waals surface area contributed by atoms with Crippen LogP contribution in [0.2, 0.25) is 5.02 Å². The van der Waals surface area contributed by atoms with Crippen LogP contribution in [0, 0.1) is 18.3 Å². The third kappa shape index (κ3) is 3.75. The van der Waals surface area contributed by atoms with Crippen LogP contribution in [0.5, 0.6) is 0 Å². The summed E-state index contributed by atoms with van der Waals surface area (Å²) >= 11 is 5.94. The summed E-state index contributed by atoms with van der Waals surface area (Å²) < 4.78 is 3.11. The van der Waals surface area contributed by atoms with Gasteiger partial charge in [-0.05, 0) is 42.8 Å². The van der Waals surface area contributed by atoms with Gasteiger partial charge in [0.05, 0.1) is 11.4 Å². The normalized spacial score (nSPS) is 11.1. The first-order chi connectivity index (χ1) is 13.4. The zero-order valence-electron chi connectivity index (χ0n) is 15.3. The Morgan fingerprint density at radius 2 is 1.89 bits per heavy atom. The van der Waals surface area contributed by atoms with Crippen molar-refractivity contribution < 1.29 is 4.79 Å². The number of para-hydroxylation sites is 1. The van der Waals surface area contributed by atoms with Crippen molar-refractivity contribution in [1.29, 1.82) is 5.26 Å². The molecule has 0 spiro atoms. The van der Waals surface area contributed by atoms with E-state index in [9.17, 15) is 14.9 Å². The van der Waals surface area contributed by atoms with Crippen molar-refractivity contribution in [1.82, 2.24) is 9.36 Å². The van der Waals surface area contributed by atoms with Crippen LogP contribution in [-0.4, -0.2) is 15.3 Å². The number of benzene rings is 2. The number of carbonyl (C=O) groups excluding carboxylic acids is 1. The molecule has 0 aliphatic rings. The fraction of sp³-hybridized carbons (Fsp3) is 0.0952. The summed E-state index contributed by atoms with van der Waals surface area (Å²) in [5.74, 6) is -0.659. The maximum Gasteiger partial charge on any atom is 0.295 e. The summed E-state index contributed by atoms with van der Waals surface area (Å²) in [7, 11) is 1.73. The third-order valence-electron chi connectivity index (χ3n) is 4.32. The van der Waals surface area contributed by atoms with Gasteiger partial charge in [-0.2, -0.15) is 5.26 Å². The van der Waals surface area contributed by atoms with Crippen molar-refractivity contribution in [2.24, 2.45) is 7.05 Å². The largest absolute Gasteiger partial charge is 0.315 e. The molecule has 0 unspecified atom stereocenters. The zero-order chi connectivity index (χ0) is 20.3. The minimum absolute atomic E-state index is 0.128. The average molecular weight is 393 g/mol. The zero-order valence-corrected chi connectivity index (χ0v) is 16.1. The van der Waals surface area contributed by atoms with Crippen molar-refractivity contribution in [2.75, 3.05) is 5.32 Å². The van der Waals surface area contributed by atoms with E-state index in [1.807, 2.05) is 24.3 Å². The molecule has 0 bridgehead atoms. The number of carbonyl (C=O) groups is 1. The SMILES string of the molecule is Cc1c(NC(=O)/C(C#N)=C/c2cccc(Cl)c2)c(=O)n(-c2ccccc2)n1C. The Bertz CT molecular complexity index is 1170. The predicted octanol–water partition coefficient (Wildman–Crippen LogP) is 3.68. The Balaban J connectivity index is 1.96. The molecule has 0 aliphatic carbocycles. The third-order valence-corrected chi connectivity index (χ3v) is 4.55. The van der Waals surface area contributed by atoms with E-state index in [1.54, 1.807) is 55.1 Å². The molecule has 1 heterocycles. The Hall–Kier alpha value is -3.56. The highest BCUT2D eigenvalue weighted by molar-refractivity contribution is 6.30. The van der Waals surface area contributed by atoms with Gasteiger partial charge in [0.15, 0.2) is 0 Å². The first-order valence-corrected chi connectivity index (χ1v) is 8.83. The molecule has 1 N–H and O–H groups in total. The van der Waals surface area contributed by atoms with E-state index in [-0.39, 0.29) is 16.8 Å². The average Bonchev–Trinajstić information content (AvgIpc) is 2.90. The van der Waals surface area contributed by atoms with Crippen LogP contribution in [0.15, 0.2) is 65.0 Å². The molecule has 0 aliphatic heterocycles. The number of hydrogen-bond donors (Lipinski definition) is 1. The van der Waals surface area contributed by atoms with Crippen LogP contribution in [0.4, 0.5) is 5.69 Å². The van der Waals surface area contributed by atoms with E-state index < -0.39 is 5.91 Å². The summed E-state index contributed by atoms with van der Waals surface area (Å²) in [6.07, 6.45) is 1.43. The van der Waals surface area contributed by atoms with E-state index in [4.69, 9.17) is 11.6 Å². The molecule has 0 saturated carbocycles. The second-order valence-electron chi connectivity index (χ2n) is 6.12. The van der Waals surface area contributed by atoms with Gasteiger partial charge in [-0.1, -0.05) is 41.9 Å². The van der Waals surface area contributed by atoms with Crippen LogP contribution in [-0.2, 0) is 11.8 Å². The number of hydrogen-bond acceptors (Lipinski definition) is 3. The minimum Gasteiger partial charge on any atom is -0.315 e. The maximum atomic E-state index is 12.9. The molecule has 140 valence electrons. The topological polar surface area (TPSA) is 79.8 Å². The lowest BCUT2D eigenvalue weighted by atomic mass is 10.1. The quantitative estimate of drug-likeness (QED) is 0.543. The number of nitriles is 1. The highest BCUT2D eigenvalue weighted by atomic mass is 35.5. The van der Waals surface area contributed by atoms with Crippen molar-refractivity contribution in [3.8, 4) is 11.8 Å². The van der Waals surface area contributed by atoms with Gasteiger partial charge in [-0.3, -0.25) is 14.3 Å². The van der Waals surface area contributed by atoms with Gasteiger partial charge >= 0.3 is 0 Å². The van der Waals surface area contributed by atoms with Crippen LogP contribution in [0.25, 0.3) is 11.8 Å². The Morgan fingerprint density at radius 1 is 1.18 bits per heavy atom. The molecule has 0 saturated heterocycles. The van der Waals surface area contributed by atoms with Gasteiger partial charge in [0.2, 0.25) is 0 Å². The molecule has 2 aromatic carbocycles. The smallest absolute Gasteiger partial charge is 0.295 e. The first kappa shape index (κ1) is 19.2. The Labute approximate surface area is 166 Å². The molecule has 0 atom stereocenters. The standard InChI is InChI=1S/C21H17ClN4O2/c1-14-19(21(28)26(25(14)2)18-9-4-3-5-10-18)24-20(27)16(13-23)11-15-7-6-8-17(22)12-15/h3-12H,1-2H3,(H,24,27)/b16-11+. The van der Waals surface area contributed by atoms with Crippen molar-refractivity contribution in [2.45, 2.75) is 6.92 Å². The van der Waals surface area contributed by atoms with E-state index in [0.29, 0.717) is 22.0 Å². The van der Waals surface area contributed by atoms with E-state index in [0.717, 1.165) is 0 Å². The summed E-state index contributed by atoms with van der Waals surface area (Å²) in [6, 6.07) is 17.8. The number of rotatable bonds is 4. The summed E-state index contributed by atoms with van der Waals surface area (Å²) in [6.45, 7) is 1.73. The van der Waals surface area contributed by atoms with Gasteiger partial charge in [0, 0.05) is 12.1 Å². The second kappa shape index (κ2) is 7.99. The van der Waals surface area contributed by atoms with Crippen molar-refractivity contribution in [3.63, 3.8) is 0 Å². The number of nitrogens with one attached hydrogen (secondary N) is 1. The van der Waals surface area contributed by atoms with E-state index in [2.05, 4.69) is 5.32 Å². The van der Waals surface area contributed by atoms with Crippen LogP contribution >= 0.6 is 11.6 Å². The van der Waals surface area contributed by atoms with Gasteiger partial charge in [0.1, 0.15) is 17.3 Å². The minimum atomic E-state index is -0.659. The lowest BCUT2D eigenvalue weighted by Crippen LogP contribution is -2.23. The monoisotopic (exact) mass is 392 g/mol. The molecular weight excluding hydrogens is 376 g/mol. The Kier molecular flexibility index (Phi) is 5.48. The van der Waals surface area contributed by atoms with Gasteiger partial charge in [-0.25, -0.2) is 4.68 Å². The number of halogens is 1. The molecule has 3 aromatic rings. The number of aromatic nitrogens is 2. The number of anilines is 1. The van der Waals surface area contributed by atoms with Crippen molar-refractivity contribution in [3.05, 3.63) is 86.8 Å². The molecule has 1 amide bonds. The molecule has 3 rings (SSSR count). The predicted molar refractivity (Wildman–Crippen MR) is 109 cm³/mol. The highest BCUT2D eigenvalue weighted by Crippen LogP contribution is 2.17. The maximum absolute atomic E-state index is 12.9. The molecule has 28 heavy (non-hydrogen) atoms. The molecule has 6 nitrogen and oxygen atoms in total. The molecule has 7 heteroatoms. The van der Waals surface area contributed by atoms with Crippen molar-refractivity contribution >= 4 is 29.3 Å². The number of amides is 1. The second-order valence-corrected chi connectivity index (χ2v) is 6.55. The molecule has 1 aromatic heterocycles. The van der Waals surface area contributed by atoms with Gasteiger partial charge in [-0.15, -0.1) is 0 Å². The molecule has 0 fully saturated rings. The molecule has 0 radical (unpaired) electrons. The highest BCUT2D eigenvalue weighted by Gasteiger charge is 2.19. The summed E-state index contributed by atoms with van der Waals surface area (Å²) in [4.78, 5) is 25.5. The van der Waals surface area contributed by atoms with E-state index in [1.165, 1.54) is 10.8 Å². The van der Waals surface area contributed by atoms with E-state index >= 15 is 0 Å².